The summed E-state index contributed by atoms with van der Waals surface area (Å²) in [5.74, 6) is 2.90. The van der Waals surface area contributed by atoms with E-state index in [-0.39, 0.29) is 47.8 Å². The third-order valence-electron chi connectivity index (χ3n) is 5.29. The summed E-state index contributed by atoms with van der Waals surface area (Å²) >= 11 is 0. The fraction of sp³-hybridized carbons (Fsp3) is 0.550. The molecule has 28 heavy (non-hydrogen) atoms. The van der Waals surface area contributed by atoms with Crippen molar-refractivity contribution in [2.45, 2.75) is 64.1 Å². The molecule has 0 saturated heterocycles. The Hall–Kier alpha value is -1.71. The second-order valence-corrected chi connectivity index (χ2v) is 7.30. The number of rotatable bonds is 5. The number of nitrogens with zero attached hydrogens (tertiary/aromatic N) is 4. The molecule has 8 heteroatoms. The zero-order valence-corrected chi connectivity index (χ0v) is 18.7. The van der Waals surface area contributed by atoms with Gasteiger partial charge in [0.1, 0.15) is 11.6 Å². The average Bonchev–Trinajstić information content (AvgIpc) is 3.29. The van der Waals surface area contributed by atoms with Crippen LogP contribution in [0.4, 0.5) is 4.39 Å². The summed E-state index contributed by atoms with van der Waals surface area (Å²) < 4.78 is 16.0. The predicted molar refractivity (Wildman–Crippen MR) is 119 cm³/mol. The van der Waals surface area contributed by atoms with E-state index in [1.807, 2.05) is 23.7 Å². The molecule has 0 radical (unpaired) electrons. The first-order valence-electron chi connectivity index (χ1n) is 9.92. The molecule has 1 aromatic carbocycles. The molecule has 1 aliphatic heterocycles. The van der Waals surface area contributed by atoms with Crippen molar-refractivity contribution in [2.24, 2.45) is 4.99 Å². The maximum absolute atomic E-state index is 14.0. The van der Waals surface area contributed by atoms with Crippen LogP contribution in [0.15, 0.2) is 29.3 Å². The Morgan fingerprint density at radius 1 is 1.29 bits per heavy atom. The van der Waals surface area contributed by atoms with E-state index in [4.69, 9.17) is 0 Å². The Morgan fingerprint density at radius 2 is 2.11 bits per heavy atom. The van der Waals surface area contributed by atoms with Crippen LogP contribution in [0.1, 0.15) is 49.8 Å². The molecule has 3 atom stereocenters. The fourth-order valence-electron chi connectivity index (χ4n) is 3.76. The molecule has 0 amide bonds. The van der Waals surface area contributed by atoms with Gasteiger partial charge in [-0.3, -0.25) is 4.99 Å². The first-order valence-corrected chi connectivity index (χ1v) is 9.92. The molecular formula is C20H28FIN6. The van der Waals surface area contributed by atoms with E-state index in [1.54, 1.807) is 6.07 Å². The summed E-state index contributed by atoms with van der Waals surface area (Å²) in [6, 6.07) is 7.55. The minimum Gasteiger partial charge on any atom is -0.353 e. The lowest BCUT2D eigenvalue weighted by molar-refractivity contribution is 0.391. The van der Waals surface area contributed by atoms with Gasteiger partial charge in [-0.15, -0.1) is 24.0 Å². The SMILES string of the molecule is CCN=C(NC1CCc2nc(CC)nn2C1)NC1CC1c1ccccc1F.I. The first-order chi connectivity index (χ1) is 13.2. The summed E-state index contributed by atoms with van der Waals surface area (Å²) in [4.78, 5) is 9.15. The molecule has 3 unspecified atom stereocenters. The van der Waals surface area contributed by atoms with Gasteiger partial charge in [-0.1, -0.05) is 25.1 Å². The van der Waals surface area contributed by atoms with Gasteiger partial charge < -0.3 is 10.6 Å². The van der Waals surface area contributed by atoms with Crippen LogP contribution in [0, 0.1) is 5.82 Å². The van der Waals surface area contributed by atoms with Crippen molar-refractivity contribution >= 4 is 29.9 Å². The number of hydrogen-bond acceptors (Lipinski definition) is 3. The molecule has 2 aliphatic rings. The minimum absolute atomic E-state index is 0. The Morgan fingerprint density at radius 3 is 2.86 bits per heavy atom. The standard InChI is InChI=1S/C20H27FN6.HI/c1-3-18-25-19-10-9-13(12-27(19)26-18)23-20(22-4-2)24-17-11-15(17)14-7-5-6-8-16(14)21;/h5-8,13,15,17H,3-4,9-12H2,1-2H3,(H2,22,23,24);1H. The van der Waals surface area contributed by atoms with E-state index >= 15 is 0 Å². The van der Waals surface area contributed by atoms with Gasteiger partial charge in [-0.2, -0.15) is 5.10 Å². The van der Waals surface area contributed by atoms with Gasteiger partial charge in [0.2, 0.25) is 0 Å². The third kappa shape index (κ3) is 4.64. The van der Waals surface area contributed by atoms with E-state index in [2.05, 4.69) is 32.6 Å². The molecule has 1 fully saturated rings. The van der Waals surface area contributed by atoms with Crippen molar-refractivity contribution < 1.29 is 4.39 Å². The van der Waals surface area contributed by atoms with Gasteiger partial charge in [-0.25, -0.2) is 14.1 Å². The van der Waals surface area contributed by atoms with Gasteiger partial charge in [0.15, 0.2) is 11.8 Å². The lowest BCUT2D eigenvalue weighted by atomic mass is 10.1. The lowest BCUT2D eigenvalue weighted by Crippen LogP contribution is -2.48. The van der Waals surface area contributed by atoms with Crippen LogP contribution >= 0.6 is 24.0 Å². The molecule has 0 bridgehead atoms. The number of nitrogens with one attached hydrogen (secondary N) is 2. The number of benzene rings is 1. The summed E-state index contributed by atoms with van der Waals surface area (Å²) in [7, 11) is 0. The van der Waals surface area contributed by atoms with Gasteiger partial charge in [0.25, 0.3) is 0 Å². The molecule has 1 saturated carbocycles. The van der Waals surface area contributed by atoms with Gasteiger partial charge >= 0.3 is 0 Å². The third-order valence-corrected chi connectivity index (χ3v) is 5.29. The maximum Gasteiger partial charge on any atom is 0.191 e. The van der Waals surface area contributed by atoms with E-state index in [0.717, 1.165) is 55.4 Å². The van der Waals surface area contributed by atoms with Crippen molar-refractivity contribution in [3.05, 3.63) is 47.3 Å². The molecule has 1 aromatic heterocycles. The Kier molecular flexibility index (Phi) is 6.90. The van der Waals surface area contributed by atoms with E-state index in [0.29, 0.717) is 6.54 Å². The summed E-state index contributed by atoms with van der Waals surface area (Å²) in [5.41, 5.74) is 0.794. The topological polar surface area (TPSA) is 67.1 Å². The fourth-order valence-corrected chi connectivity index (χ4v) is 3.76. The Bertz CT molecular complexity index is 836. The van der Waals surface area contributed by atoms with E-state index in [9.17, 15) is 4.39 Å². The molecule has 2 N–H and O–H groups in total. The summed E-state index contributed by atoms with van der Waals surface area (Å²) in [6.45, 7) is 5.60. The normalized spacial score (nSPS) is 23.5. The zero-order chi connectivity index (χ0) is 18.8. The van der Waals surface area contributed by atoms with Crippen molar-refractivity contribution in [3.8, 4) is 0 Å². The number of aliphatic imine (C=N–C) groups is 1. The minimum atomic E-state index is -0.119. The average molecular weight is 498 g/mol. The van der Waals surface area contributed by atoms with E-state index < -0.39 is 0 Å². The highest BCUT2D eigenvalue weighted by molar-refractivity contribution is 14.0. The second-order valence-electron chi connectivity index (χ2n) is 7.30. The quantitative estimate of drug-likeness (QED) is 0.378. The molecule has 152 valence electrons. The van der Waals surface area contributed by atoms with Crippen LogP contribution in [0.3, 0.4) is 0 Å². The number of hydrogen-bond donors (Lipinski definition) is 2. The number of fused-ring (bicyclic) bond motifs is 1. The molecule has 0 spiro atoms. The van der Waals surface area contributed by atoms with Crippen LogP contribution in [0.5, 0.6) is 0 Å². The number of halogens is 2. The van der Waals surface area contributed by atoms with Gasteiger partial charge in [-0.05, 0) is 31.4 Å². The van der Waals surface area contributed by atoms with Crippen molar-refractivity contribution in [2.75, 3.05) is 6.54 Å². The molecule has 4 rings (SSSR count). The van der Waals surface area contributed by atoms with Crippen LogP contribution in [0.2, 0.25) is 0 Å². The predicted octanol–water partition coefficient (Wildman–Crippen LogP) is 3.02. The van der Waals surface area contributed by atoms with Crippen LogP contribution in [-0.2, 0) is 19.4 Å². The second kappa shape index (κ2) is 9.19. The van der Waals surface area contributed by atoms with Crippen molar-refractivity contribution in [1.29, 1.82) is 0 Å². The Balaban J connectivity index is 0.00000225. The molecule has 2 aromatic rings. The molecule has 1 aliphatic carbocycles. The smallest absolute Gasteiger partial charge is 0.191 e. The van der Waals surface area contributed by atoms with Crippen LogP contribution in [-0.4, -0.2) is 39.4 Å². The van der Waals surface area contributed by atoms with Gasteiger partial charge in [0, 0.05) is 37.4 Å². The number of aromatic nitrogens is 3. The molecule has 2 heterocycles. The van der Waals surface area contributed by atoms with E-state index in [1.165, 1.54) is 6.07 Å². The first kappa shape index (κ1) is 21.0. The summed E-state index contributed by atoms with van der Waals surface area (Å²) in [5, 5.41) is 11.6. The number of aryl methyl sites for hydroxylation is 2. The number of guanidine groups is 1. The molecule has 6 nitrogen and oxygen atoms in total. The van der Waals surface area contributed by atoms with Gasteiger partial charge in [0.05, 0.1) is 6.54 Å². The Labute approximate surface area is 182 Å². The van der Waals surface area contributed by atoms with Crippen molar-refractivity contribution in [1.82, 2.24) is 25.4 Å². The van der Waals surface area contributed by atoms with Crippen LogP contribution < -0.4 is 10.6 Å². The largest absolute Gasteiger partial charge is 0.353 e. The van der Waals surface area contributed by atoms with Crippen molar-refractivity contribution in [3.63, 3.8) is 0 Å². The maximum atomic E-state index is 14.0. The van der Waals surface area contributed by atoms with Crippen LogP contribution in [0.25, 0.3) is 0 Å². The highest BCUT2D eigenvalue weighted by Gasteiger charge is 2.40. The monoisotopic (exact) mass is 498 g/mol. The molecular weight excluding hydrogens is 470 g/mol. The highest BCUT2D eigenvalue weighted by atomic mass is 127. The lowest BCUT2D eigenvalue weighted by Gasteiger charge is -2.25. The highest BCUT2D eigenvalue weighted by Crippen LogP contribution is 2.41. The summed E-state index contributed by atoms with van der Waals surface area (Å²) in [6.07, 6.45) is 3.73. The zero-order valence-electron chi connectivity index (χ0n) is 16.4.